The van der Waals surface area contributed by atoms with E-state index in [9.17, 15) is 9.90 Å². The molecule has 0 aliphatic rings. The zero-order chi connectivity index (χ0) is 23.4. The average molecular weight is 424 g/mol. The Kier molecular flexibility index (Phi) is 7.58. The van der Waals surface area contributed by atoms with Gasteiger partial charge >= 0.3 is 5.97 Å². The molecule has 4 nitrogen and oxygen atoms in total. The molecule has 0 saturated heterocycles. The van der Waals surface area contributed by atoms with Crippen LogP contribution < -0.4 is 9.84 Å². The fourth-order valence-corrected chi connectivity index (χ4v) is 3.32. The third kappa shape index (κ3) is 6.36. The lowest BCUT2D eigenvalue weighted by Crippen LogP contribution is -2.19. The fourth-order valence-electron chi connectivity index (χ4n) is 3.32. The van der Waals surface area contributed by atoms with E-state index in [0.29, 0.717) is 17.7 Å². The molecule has 4 heteroatoms. The van der Waals surface area contributed by atoms with Gasteiger partial charge in [0.05, 0.1) is 6.61 Å². The highest BCUT2D eigenvalue weighted by molar-refractivity contribution is 5.86. The molecule has 0 bridgehead atoms. The Labute approximate surface area is 186 Å². The molecule has 1 N–H and O–H groups in total. The molecule has 0 aliphatic carbocycles. The Balaban J connectivity index is 2.82. The van der Waals surface area contributed by atoms with E-state index in [2.05, 4.69) is 60.6 Å². The van der Waals surface area contributed by atoms with Crippen LogP contribution in [-0.2, 0) is 15.6 Å². The highest BCUT2D eigenvalue weighted by Gasteiger charge is 2.26. The molecule has 0 radical (unpaired) electrons. The van der Waals surface area contributed by atoms with Gasteiger partial charge in [0, 0.05) is 17.2 Å². The van der Waals surface area contributed by atoms with Crippen molar-refractivity contribution in [3.05, 3.63) is 53.1 Å². The predicted octanol–water partition coefficient (Wildman–Crippen LogP) is 6.30. The van der Waals surface area contributed by atoms with Gasteiger partial charge in [-0.2, -0.15) is 0 Å². The van der Waals surface area contributed by atoms with Crippen LogP contribution in [0.3, 0.4) is 0 Å². The molecule has 0 unspecified atom stereocenters. The molecule has 0 spiro atoms. The van der Waals surface area contributed by atoms with Crippen LogP contribution in [0.15, 0.2) is 36.4 Å². The van der Waals surface area contributed by atoms with Crippen molar-refractivity contribution >= 4 is 12.0 Å². The van der Waals surface area contributed by atoms with E-state index < -0.39 is 5.97 Å². The maximum atomic E-state index is 12.9. The number of aliphatic carboxylic acids is 1. The number of ether oxygens (including phenoxy) is 1. The van der Waals surface area contributed by atoms with E-state index in [1.165, 1.54) is 12.1 Å². The minimum Gasteiger partial charge on any atom is -0.872 e. The summed E-state index contributed by atoms with van der Waals surface area (Å²) in [6.45, 7) is 15.6. The van der Waals surface area contributed by atoms with E-state index in [4.69, 9.17) is 9.84 Å². The van der Waals surface area contributed by atoms with Crippen molar-refractivity contribution in [2.75, 3.05) is 6.61 Å². The van der Waals surface area contributed by atoms with Crippen LogP contribution in [0.2, 0.25) is 0 Å². The Hall–Kier alpha value is -2.75. The monoisotopic (exact) mass is 423 g/mol. The third-order valence-electron chi connectivity index (χ3n) is 5.22. The Morgan fingerprint density at radius 2 is 1.71 bits per heavy atom. The van der Waals surface area contributed by atoms with Gasteiger partial charge in [-0.1, -0.05) is 73.1 Å². The maximum Gasteiger partial charge on any atom is 0.328 e. The zero-order valence-corrected chi connectivity index (χ0v) is 19.8. The van der Waals surface area contributed by atoms with Gasteiger partial charge in [0.2, 0.25) is 0 Å². The number of hydrogen-bond donors (Lipinski definition) is 1. The van der Waals surface area contributed by atoms with Crippen LogP contribution in [0.4, 0.5) is 0 Å². The molecule has 168 valence electrons. The lowest BCUT2D eigenvalue weighted by Gasteiger charge is -2.30. The quantitative estimate of drug-likeness (QED) is 0.419. The van der Waals surface area contributed by atoms with Crippen LogP contribution in [0.25, 0.3) is 17.2 Å². The van der Waals surface area contributed by atoms with Gasteiger partial charge in [-0.15, -0.1) is 5.75 Å². The normalized spacial score (nSPS) is 12.4. The van der Waals surface area contributed by atoms with Crippen molar-refractivity contribution in [2.45, 2.75) is 72.1 Å². The first-order valence-electron chi connectivity index (χ1n) is 10.9. The van der Waals surface area contributed by atoms with E-state index >= 15 is 0 Å². The highest BCUT2D eigenvalue weighted by Crippen LogP contribution is 2.45. The van der Waals surface area contributed by atoms with Crippen LogP contribution in [0.5, 0.6) is 11.5 Å². The Morgan fingerprint density at radius 1 is 1.03 bits per heavy atom. The molecule has 0 aromatic heterocycles. The molecule has 0 aliphatic heterocycles. The van der Waals surface area contributed by atoms with E-state index in [1.54, 1.807) is 12.1 Å². The molecule has 0 atom stereocenters. The number of carbonyl (C=O) groups is 1. The third-order valence-corrected chi connectivity index (χ3v) is 5.22. The zero-order valence-electron chi connectivity index (χ0n) is 19.8. The average Bonchev–Trinajstić information content (AvgIpc) is 2.65. The summed E-state index contributed by atoms with van der Waals surface area (Å²) in [5.41, 5.74) is 3.86. The molecular formula is C27H35O4-. The molecule has 0 saturated carbocycles. The summed E-state index contributed by atoms with van der Waals surface area (Å²) < 4.78 is 6.30. The number of benzene rings is 2. The van der Waals surface area contributed by atoms with Crippen molar-refractivity contribution in [1.29, 1.82) is 0 Å². The summed E-state index contributed by atoms with van der Waals surface area (Å²) in [6, 6.07) is 9.14. The van der Waals surface area contributed by atoms with Crippen LogP contribution in [0, 0.1) is 0 Å². The molecule has 0 amide bonds. The molecule has 2 rings (SSSR count). The summed E-state index contributed by atoms with van der Waals surface area (Å²) >= 11 is 0. The van der Waals surface area contributed by atoms with Gasteiger partial charge in [-0.25, -0.2) is 4.79 Å². The molecular weight excluding hydrogens is 388 g/mol. The summed E-state index contributed by atoms with van der Waals surface area (Å²) in [4.78, 5) is 10.9. The van der Waals surface area contributed by atoms with E-state index in [1.807, 2.05) is 0 Å². The molecule has 31 heavy (non-hydrogen) atoms. The van der Waals surface area contributed by atoms with Crippen molar-refractivity contribution in [2.24, 2.45) is 0 Å². The van der Waals surface area contributed by atoms with E-state index in [-0.39, 0.29) is 16.6 Å². The Morgan fingerprint density at radius 3 is 2.26 bits per heavy atom. The number of carboxylic acid groups (broad SMARTS) is 1. The van der Waals surface area contributed by atoms with Gasteiger partial charge in [0.1, 0.15) is 5.75 Å². The number of rotatable bonds is 7. The van der Waals surface area contributed by atoms with E-state index in [0.717, 1.165) is 41.4 Å². The second kappa shape index (κ2) is 9.59. The summed E-state index contributed by atoms with van der Waals surface area (Å²) in [5.74, 6) is -0.398. The molecule has 0 heterocycles. The van der Waals surface area contributed by atoms with Crippen LogP contribution >= 0.6 is 0 Å². The first kappa shape index (κ1) is 24.5. The van der Waals surface area contributed by atoms with Gasteiger partial charge in [0.25, 0.3) is 0 Å². The summed E-state index contributed by atoms with van der Waals surface area (Å²) in [6.07, 6.45) is 4.52. The topological polar surface area (TPSA) is 69.6 Å². The first-order valence-corrected chi connectivity index (χ1v) is 10.9. The van der Waals surface area contributed by atoms with Gasteiger partial charge in [0.15, 0.2) is 0 Å². The molecule has 0 fully saturated rings. The first-order chi connectivity index (χ1) is 14.3. The summed E-state index contributed by atoms with van der Waals surface area (Å²) in [5, 5.41) is 21.9. The van der Waals surface area contributed by atoms with Crippen LogP contribution in [-0.4, -0.2) is 17.7 Å². The molecule has 2 aromatic carbocycles. The largest absolute Gasteiger partial charge is 0.872 e. The van der Waals surface area contributed by atoms with Crippen LogP contribution in [0.1, 0.15) is 78.0 Å². The maximum absolute atomic E-state index is 12.9. The minimum atomic E-state index is -1.03. The number of carboxylic acids is 1. The van der Waals surface area contributed by atoms with Gasteiger partial charge < -0.3 is 14.9 Å². The highest BCUT2D eigenvalue weighted by atomic mass is 16.5. The SMILES string of the molecule is CCCCOc1c(-c2cc(/C=C/C(=O)O)ccc2[O-])cc(C(C)(C)C)cc1C(C)(C)C. The van der Waals surface area contributed by atoms with Crippen molar-refractivity contribution < 1.29 is 19.7 Å². The molecule has 2 aromatic rings. The standard InChI is InChI=1S/C27H36O4/c1-8-9-14-31-25-21(16-19(26(2,3)4)17-22(25)27(5,6)7)20-15-18(10-12-23(20)28)11-13-24(29)30/h10-13,15-17,28H,8-9,14H2,1-7H3,(H,29,30)/p-1/b13-11+. The van der Waals surface area contributed by atoms with Crippen molar-refractivity contribution in [3.63, 3.8) is 0 Å². The number of hydrogen-bond acceptors (Lipinski definition) is 3. The van der Waals surface area contributed by atoms with Crippen molar-refractivity contribution in [1.82, 2.24) is 0 Å². The van der Waals surface area contributed by atoms with Gasteiger partial charge in [-0.3, -0.25) is 0 Å². The minimum absolute atomic E-state index is 0.111. The lowest BCUT2D eigenvalue weighted by atomic mass is 9.78. The second-order valence-electron chi connectivity index (χ2n) is 10.0. The smallest absolute Gasteiger partial charge is 0.328 e. The predicted molar refractivity (Wildman–Crippen MR) is 126 cm³/mol. The number of unbranched alkanes of at least 4 members (excludes halogenated alkanes) is 1. The summed E-state index contributed by atoms with van der Waals surface area (Å²) in [7, 11) is 0. The van der Waals surface area contributed by atoms with Crippen molar-refractivity contribution in [3.8, 4) is 22.6 Å². The lowest BCUT2D eigenvalue weighted by molar-refractivity contribution is -0.267. The Bertz CT molecular complexity index is 956. The fraction of sp³-hybridized carbons (Fsp3) is 0.444. The van der Waals surface area contributed by atoms with Gasteiger partial charge in [-0.05, 0) is 52.1 Å². The second-order valence-corrected chi connectivity index (χ2v) is 10.0.